The second kappa shape index (κ2) is 9.01. The first kappa shape index (κ1) is 20.1. The van der Waals surface area contributed by atoms with Crippen LogP contribution in [0.15, 0.2) is 60.8 Å². The van der Waals surface area contributed by atoms with Gasteiger partial charge in [-0.2, -0.15) is 0 Å². The van der Waals surface area contributed by atoms with Gasteiger partial charge in [0.05, 0.1) is 23.4 Å². The van der Waals surface area contributed by atoms with Gasteiger partial charge in [0, 0.05) is 11.9 Å². The number of para-hydroxylation sites is 1. The molecule has 1 aromatic heterocycles. The van der Waals surface area contributed by atoms with E-state index in [1.807, 2.05) is 26.0 Å². The third-order valence-corrected chi connectivity index (χ3v) is 4.35. The summed E-state index contributed by atoms with van der Waals surface area (Å²) >= 11 is 0. The van der Waals surface area contributed by atoms with Crippen molar-refractivity contribution in [3.8, 4) is 0 Å². The fourth-order valence-corrected chi connectivity index (χ4v) is 2.78. The second-order valence-corrected chi connectivity index (χ2v) is 6.60. The number of amides is 1. The summed E-state index contributed by atoms with van der Waals surface area (Å²) in [5.74, 6) is -0.190. The monoisotopic (exact) mass is 389 g/mol. The molecule has 0 aliphatic heterocycles. The highest BCUT2D eigenvalue weighted by Gasteiger charge is 2.15. The summed E-state index contributed by atoms with van der Waals surface area (Å²) in [7, 11) is 0. The van der Waals surface area contributed by atoms with Crippen molar-refractivity contribution in [2.75, 3.05) is 17.2 Å². The van der Waals surface area contributed by atoms with Gasteiger partial charge in [-0.1, -0.05) is 24.3 Å². The van der Waals surface area contributed by atoms with E-state index in [9.17, 15) is 9.59 Å². The highest BCUT2D eigenvalue weighted by Crippen LogP contribution is 2.21. The van der Waals surface area contributed by atoms with Crippen LogP contribution in [-0.4, -0.2) is 23.5 Å². The zero-order chi connectivity index (χ0) is 20.8. The molecule has 1 amide bonds. The van der Waals surface area contributed by atoms with Gasteiger partial charge < -0.3 is 15.4 Å². The molecule has 0 fully saturated rings. The normalized spacial score (nSPS) is 10.3. The van der Waals surface area contributed by atoms with Crippen molar-refractivity contribution in [3.05, 3.63) is 83.0 Å². The van der Waals surface area contributed by atoms with Crippen molar-refractivity contribution in [2.24, 2.45) is 0 Å². The van der Waals surface area contributed by atoms with Crippen molar-refractivity contribution < 1.29 is 14.3 Å². The Hall–Kier alpha value is -3.67. The van der Waals surface area contributed by atoms with Crippen LogP contribution in [-0.2, 0) is 4.74 Å². The molecule has 0 saturated heterocycles. The zero-order valence-electron chi connectivity index (χ0n) is 16.7. The lowest BCUT2D eigenvalue weighted by Crippen LogP contribution is -2.16. The summed E-state index contributed by atoms with van der Waals surface area (Å²) in [4.78, 5) is 29.0. The van der Waals surface area contributed by atoms with E-state index in [2.05, 4.69) is 21.7 Å². The molecule has 3 rings (SSSR count). The molecule has 29 heavy (non-hydrogen) atoms. The minimum absolute atomic E-state index is 0.264. The van der Waals surface area contributed by atoms with Crippen LogP contribution < -0.4 is 10.6 Å². The number of rotatable bonds is 6. The van der Waals surface area contributed by atoms with Crippen molar-refractivity contribution in [1.82, 2.24) is 4.98 Å². The number of pyridine rings is 1. The first-order valence-corrected chi connectivity index (χ1v) is 9.35. The van der Waals surface area contributed by atoms with Gasteiger partial charge in [-0.25, -0.2) is 9.78 Å². The van der Waals surface area contributed by atoms with E-state index in [0.29, 0.717) is 22.6 Å². The van der Waals surface area contributed by atoms with Gasteiger partial charge in [-0.05, 0) is 62.2 Å². The average Bonchev–Trinajstić information content (AvgIpc) is 2.72. The molecule has 0 aliphatic rings. The Morgan fingerprint density at radius 1 is 1.00 bits per heavy atom. The molecular formula is C23H23N3O3. The molecule has 2 N–H and O–H groups in total. The van der Waals surface area contributed by atoms with Crippen molar-refractivity contribution >= 4 is 29.1 Å². The highest BCUT2D eigenvalue weighted by atomic mass is 16.5. The zero-order valence-corrected chi connectivity index (χ0v) is 16.7. The molecule has 0 saturated carbocycles. The number of hydrogen-bond acceptors (Lipinski definition) is 5. The SMILES string of the molecule is CCOC(=O)c1ccccc1NC(=O)c1ccc(Nc2cc(C)ccc2C)nc1. The van der Waals surface area contributed by atoms with Crippen LogP contribution in [0.25, 0.3) is 0 Å². The maximum atomic E-state index is 12.6. The summed E-state index contributed by atoms with van der Waals surface area (Å²) in [6, 6.07) is 16.3. The summed E-state index contributed by atoms with van der Waals surface area (Å²) in [6.07, 6.45) is 1.50. The van der Waals surface area contributed by atoms with Gasteiger partial charge in [0.15, 0.2) is 0 Å². The van der Waals surface area contributed by atoms with E-state index >= 15 is 0 Å². The Morgan fingerprint density at radius 2 is 1.79 bits per heavy atom. The largest absolute Gasteiger partial charge is 0.462 e. The van der Waals surface area contributed by atoms with E-state index in [1.54, 1.807) is 43.3 Å². The summed E-state index contributed by atoms with van der Waals surface area (Å²) < 4.78 is 5.04. The molecule has 148 valence electrons. The summed E-state index contributed by atoms with van der Waals surface area (Å²) in [5.41, 5.74) is 4.31. The Balaban J connectivity index is 1.73. The number of hydrogen-bond donors (Lipinski definition) is 2. The van der Waals surface area contributed by atoms with Gasteiger partial charge in [0.25, 0.3) is 5.91 Å². The number of aryl methyl sites for hydroxylation is 2. The van der Waals surface area contributed by atoms with Crippen molar-refractivity contribution in [3.63, 3.8) is 0 Å². The quantitative estimate of drug-likeness (QED) is 0.588. The minimum Gasteiger partial charge on any atom is -0.462 e. The molecular weight excluding hydrogens is 366 g/mol. The van der Waals surface area contributed by atoms with E-state index in [-0.39, 0.29) is 12.5 Å². The lowest BCUT2D eigenvalue weighted by molar-refractivity contribution is 0.0527. The highest BCUT2D eigenvalue weighted by molar-refractivity contribution is 6.07. The standard InChI is InChI=1S/C23H23N3O3/c1-4-29-23(28)18-7-5-6-8-19(18)26-22(27)17-11-12-21(24-14-17)25-20-13-15(2)9-10-16(20)3/h5-14H,4H2,1-3H3,(H,24,25)(H,26,27). The lowest BCUT2D eigenvalue weighted by Gasteiger charge is -2.12. The Kier molecular flexibility index (Phi) is 6.24. The molecule has 2 aromatic carbocycles. The number of esters is 1. The predicted molar refractivity (Wildman–Crippen MR) is 114 cm³/mol. The molecule has 6 heteroatoms. The number of aromatic nitrogens is 1. The molecule has 3 aromatic rings. The summed E-state index contributed by atoms with van der Waals surface area (Å²) in [5, 5.41) is 6.01. The van der Waals surface area contributed by atoms with Crippen molar-refractivity contribution in [1.29, 1.82) is 0 Å². The third-order valence-electron chi connectivity index (χ3n) is 4.35. The molecule has 6 nitrogen and oxygen atoms in total. The fourth-order valence-electron chi connectivity index (χ4n) is 2.78. The average molecular weight is 389 g/mol. The number of anilines is 3. The number of nitrogens with zero attached hydrogens (tertiary/aromatic N) is 1. The summed E-state index contributed by atoms with van der Waals surface area (Å²) in [6.45, 7) is 6.04. The van der Waals surface area contributed by atoms with Crippen LogP contribution in [0.4, 0.5) is 17.2 Å². The van der Waals surface area contributed by atoms with Crippen LogP contribution in [0.5, 0.6) is 0 Å². The Bertz CT molecular complexity index is 1030. The topological polar surface area (TPSA) is 80.3 Å². The lowest BCUT2D eigenvalue weighted by atomic mass is 10.1. The van der Waals surface area contributed by atoms with E-state index in [1.165, 1.54) is 6.20 Å². The van der Waals surface area contributed by atoms with Crippen LogP contribution in [0, 0.1) is 13.8 Å². The number of ether oxygens (including phenoxy) is 1. The van der Waals surface area contributed by atoms with E-state index in [4.69, 9.17) is 4.74 Å². The molecule has 0 spiro atoms. The van der Waals surface area contributed by atoms with Crippen molar-refractivity contribution in [2.45, 2.75) is 20.8 Å². The first-order valence-electron chi connectivity index (χ1n) is 9.35. The fraction of sp³-hybridized carbons (Fsp3) is 0.174. The van der Waals surface area contributed by atoms with Crippen LogP contribution in [0.1, 0.15) is 38.8 Å². The number of benzene rings is 2. The van der Waals surface area contributed by atoms with Gasteiger partial charge in [0.2, 0.25) is 0 Å². The number of carbonyl (C=O) groups excluding carboxylic acids is 2. The first-order chi connectivity index (χ1) is 14.0. The van der Waals surface area contributed by atoms with Gasteiger partial charge in [-0.3, -0.25) is 4.79 Å². The van der Waals surface area contributed by atoms with E-state index in [0.717, 1.165) is 16.8 Å². The molecule has 0 radical (unpaired) electrons. The van der Waals surface area contributed by atoms with Crippen LogP contribution >= 0.6 is 0 Å². The molecule has 0 unspecified atom stereocenters. The smallest absolute Gasteiger partial charge is 0.340 e. The minimum atomic E-state index is -0.477. The molecule has 0 bridgehead atoms. The number of nitrogens with one attached hydrogen (secondary N) is 2. The van der Waals surface area contributed by atoms with Gasteiger partial charge in [-0.15, -0.1) is 0 Å². The van der Waals surface area contributed by atoms with Gasteiger partial charge in [0.1, 0.15) is 5.82 Å². The number of carbonyl (C=O) groups is 2. The Labute approximate surface area is 169 Å². The van der Waals surface area contributed by atoms with Crippen LogP contribution in [0.2, 0.25) is 0 Å². The second-order valence-electron chi connectivity index (χ2n) is 6.60. The predicted octanol–water partition coefficient (Wildman–Crippen LogP) is 4.87. The van der Waals surface area contributed by atoms with Crippen LogP contribution in [0.3, 0.4) is 0 Å². The maximum absolute atomic E-state index is 12.6. The third kappa shape index (κ3) is 4.99. The van der Waals surface area contributed by atoms with Gasteiger partial charge >= 0.3 is 5.97 Å². The Morgan fingerprint density at radius 3 is 2.52 bits per heavy atom. The molecule has 0 aliphatic carbocycles. The maximum Gasteiger partial charge on any atom is 0.340 e. The molecule has 1 heterocycles. The van der Waals surface area contributed by atoms with E-state index < -0.39 is 5.97 Å². The molecule has 0 atom stereocenters.